The summed E-state index contributed by atoms with van der Waals surface area (Å²) in [5.41, 5.74) is 2.18. The van der Waals surface area contributed by atoms with E-state index in [4.69, 9.17) is 0 Å². The molecule has 1 aliphatic heterocycles. The van der Waals surface area contributed by atoms with Crippen LogP contribution in [0.2, 0.25) is 0 Å². The first-order valence-corrected chi connectivity index (χ1v) is 6.66. The Labute approximate surface area is 108 Å². The van der Waals surface area contributed by atoms with E-state index in [1.165, 1.54) is 0 Å². The van der Waals surface area contributed by atoms with Crippen LogP contribution in [0.1, 0.15) is 45.1 Å². The highest BCUT2D eigenvalue weighted by Gasteiger charge is 2.40. The van der Waals surface area contributed by atoms with E-state index < -0.39 is 0 Å². The maximum absolute atomic E-state index is 11.1. The van der Waals surface area contributed by atoms with Crippen LogP contribution in [0.15, 0.2) is 18.2 Å². The zero-order chi connectivity index (χ0) is 13.2. The molecule has 0 spiro atoms. The zero-order valence-electron chi connectivity index (χ0n) is 11.0. The second kappa shape index (κ2) is 4.96. The Hall–Kier alpha value is -1.58. The minimum atomic E-state index is -0.292. The van der Waals surface area contributed by atoms with Gasteiger partial charge in [0.15, 0.2) is 0 Å². The number of nitro benzene ring substituents is 1. The first-order chi connectivity index (χ1) is 8.64. The zero-order valence-corrected chi connectivity index (χ0v) is 11.0. The summed E-state index contributed by atoms with van der Waals surface area (Å²) >= 11 is 0. The third kappa shape index (κ3) is 1.96. The average Bonchev–Trinajstić information content (AvgIpc) is 2.69. The lowest BCUT2D eigenvalue weighted by atomic mass is 9.75. The summed E-state index contributed by atoms with van der Waals surface area (Å²) in [5, 5.41) is 14.3. The monoisotopic (exact) mass is 248 g/mol. The van der Waals surface area contributed by atoms with Gasteiger partial charge in [-0.3, -0.25) is 10.1 Å². The Morgan fingerprint density at radius 2 is 2.00 bits per heavy atom. The number of hydrogen-bond donors (Lipinski definition) is 1. The molecule has 4 nitrogen and oxygen atoms in total. The van der Waals surface area contributed by atoms with Crippen molar-refractivity contribution in [3.8, 4) is 0 Å². The van der Waals surface area contributed by atoms with Crippen molar-refractivity contribution in [3.63, 3.8) is 0 Å². The van der Waals surface area contributed by atoms with Gasteiger partial charge in [0.05, 0.1) is 4.92 Å². The maximum Gasteiger partial charge on any atom is 0.292 e. The Morgan fingerprint density at radius 1 is 1.33 bits per heavy atom. The number of para-hydroxylation sites is 1. The molecule has 0 saturated heterocycles. The van der Waals surface area contributed by atoms with Crippen LogP contribution < -0.4 is 5.32 Å². The fraction of sp³-hybridized carbons (Fsp3) is 0.571. The summed E-state index contributed by atoms with van der Waals surface area (Å²) in [4.78, 5) is 10.8. The molecule has 0 aromatic heterocycles. The summed E-state index contributed by atoms with van der Waals surface area (Å²) in [5.74, 6) is 0. The molecule has 0 unspecified atom stereocenters. The van der Waals surface area contributed by atoms with Gasteiger partial charge < -0.3 is 5.32 Å². The topological polar surface area (TPSA) is 55.2 Å². The molecule has 0 bridgehead atoms. The molecule has 0 fully saturated rings. The molecule has 1 heterocycles. The van der Waals surface area contributed by atoms with Crippen LogP contribution in [0.3, 0.4) is 0 Å². The fourth-order valence-corrected chi connectivity index (χ4v) is 3.20. The lowest BCUT2D eigenvalue weighted by Crippen LogP contribution is -2.28. The maximum atomic E-state index is 11.1. The molecular formula is C14H20N2O2. The summed E-state index contributed by atoms with van der Waals surface area (Å²) in [6, 6.07) is 5.44. The lowest BCUT2D eigenvalue weighted by molar-refractivity contribution is -0.383. The van der Waals surface area contributed by atoms with Crippen molar-refractivity contribution in [1.82, 2.24) is 0 Å². The van der Waals surface area contributed by atoms with Gasteiger partial charge in [0.2, 0.25) is 0 Å². The first-order valence-electron chi connectivity index (χ1n) is 6.66. The average molecular weight is 248 g/mol. The summed E-state index contributed by atoms with van der Waals surface area (Å²) in [6.07, 6.45) is 4.37. The SMILES string of the molecule is CCCC1(CCC)CNc2c([N+](=O)[O-])cccc21. The van der Waals surface area contributed by atoms with Gasteiger partial charge in [-0.15, -0.1) is 0 Å². The van der Waals surface area contributed by atoms with Crippen molar-refractivity contribution in [1.29, 1.82) is 0 Å². The number of anilines is 1. The number of fused-ring (bicyclic) bond motifs is 1. The van der Waals surface area contributed by atoms with E-state index in [9.17, 15) is 10.1 Å². The van der Waals surface area contributed by atoms with E-state index in [-0.39, 0.29) is 16.0 Å². The van der Waals surface area contributed by atoms with E-state index in [0.29, 0.717) is 0 Å². The van der Waals surface area contributed by atoms with Gasteiger partial charge >= 0.3 is 0 Å². The summed E-state index contributed by atoms with van der Waals surface area (Å²) < 4.78 is 0. The molecular weight excluding hydrogens is 228 g/mol. The minimum Gasteiger partial charge on any atom is -0.378 e. The number of nitro groups is 1. The van der Waals surface area contributed by atoms with E-state index in [1.54, 1.807) is 6.07 Å². The van der Waals surface area contributed by atoms with E-state index in [2.05, 4.69) is 19.2 Å². The second-order valence-electron chi connectivity index (χ2n) is 5.09. The van der Waals surface area contributed by atoms with Gasteiger partial charge in [-0.2, -0.15) is 0 Å². The first kappa shape index (κ1) is 12.9. The summed E-state index contributed by atoms with van der Waals surface area (Å²) in [6.45, 7) is 5.17. The third-order valence-electron chi connectivity index (χ3n) is 3.87. The summed E-state index contributed by atoms with van der Waals surface area (Å²) in [7, 11) is 0. The van der Waals surface area contributed by atoms with E-state index in [1.807, 2.05) is 12.1 Å². The van der Waals surface area contributed by atoms with Gasteiger partial charge in [0.1, 0.15) is 5.69 Å². The molecule has 4 heteroatoms. The highest BCUT2D eigenvalue weighted by Crippen LogP contribution is 2.46. The Kier molecular flexibility index (Phi) is 3.55. The van der Waals surface area contributed by atoms with Gasteiger partial charge in [-0.05, 0) is 18.4 Å². The molecule has 18 heavy (non-hydrogen) atoms. The molecule has 1 aliphatic rings. The quantitative estimate of drug-likeness (QED) is 0.636. The van der Waals surface area contributed by atoms with Crippen LogP contribution in [0.5, 0.6) is 0 Å². The van der Waals surface area contributed by atoms with Crippen molar-refractivity contribution in [2.24, 2.45) is 0 Å². The molecule has 1 N–H and O–H groups in total. The molecule has 0 amide bonds. The minimum absolute atomic E-state index is 0.0881. The molecule has 0 saturated carbocycles. The van der Waals surface area contributed by atoms with Gasteiger partial charge in [0, 0.05) is 18.0 Å². The van der Waals surface area contributed by atoms with Crippen molar-refractivity contribution in [2.75, 3.05) is 11.9 Å². The van der Waals surface area contributed by atoms with Crippen molar-refractivity contribution >= 4 is 11.4 Å². The number of benzene rings is 1. The molecule has 0 radical (unpaired) electrons. The molecule has 2 rings (SSSR count). The van der Waals surface area contributed by atoms with Crippen LogP contribution in [0.25, 0.3) is 0 Å². The van der Waals surface area contributed by atoms with Crippen LogP contribution >= 0.6 is 0 Å². The molecule has 1 aromatic rings. The Balaban J connectivity index is 2.48. The van der Waals surface area contributed by atoms with Gasteiger partial charge in [0.25, 0.3) is 5.69 Å². The smallest absolute Gasteiger partial charge is 0.292 e. The highest BCUT2D eigenvalue weighted by atomic mass is 16.6. The lowest BCUT2D eigenvalue weighted by Gasteiger charge is -2.28. The predicted octanol–water partition coefficient (Wildman–Crippen LogP) is 3.86. The molecule has 1 aromatic carbocycles. The van der Waals surface area contributed by atoms with Crippen LogP contribution in [0, 0.1) is 10.1 Å². The van der Waals surface area contributed by atoms with Crippen LogP contribution in [-0.2, 0) is 5.41 Å². The number of nitrogens with one attached hydrogen (secondary N) is 1. The second-order valence-corrected chi connectivity index (χ2v) is 5.09. The standard InChI is InChI=1S/C14H20N2O2/c1-3-8-14(9-4-2)10-15-13-11(14)6-5-7-12(13)16(17)18/h5-7,15H,3-4,8-10H2,1-2H3. The number of hydrogen-bond acceptors (Lipinski definition) is 3. The fourth-order valence-electron chi connectivity index (χ4n) is 3.20. The number of rotatable bonds is 5. The van der Waals surface area contributed by atoms with Gasteiger partial charge in [-0.25, -0.2) is 0 Å². The van der Waals surface area contributed by atoms with Crippen molar-refractivity contribution in [3.05, 3.63) is 33.9 Å². The normalized spacial score (nSPS) is 16.1. The van der Waals surface area contributed by atoms with Crippen LogP contribution in [0.4, 0.5) is 11.4 Å². The number of nitrogens with zero attached hydrogens (tertiary/aromatic N) is 1. The molecule has 0 aliphatic carbocycles. The van der Waals surface area contributed by atoms with Gasteiger partial charge in [-0.1, -0.05) is 38.8 Å². The van der Waals surface area contributed by atoms with Crippen molar-refractivity contribution in [2.45, 2.75) is 44.9 Å². The van der Waals surface area contributed by atoms with Crippen LogP contribution in [-0.4, -0.2) is 11.5 Å². The van der Waals surface area contributed by atoms with Crippen molar-refractivity contribution < 1.29 is 4.92 Å². The predicted molar refractivity (Wildman–Crippen MR) is 73.1 cm³/mol. The highest BCUT2D eigenvalue weighted by molar-refractivity contribution is 5.72. The largest absolute Gasteiger partial charge is 0.378 e. The van der Waals surface area contributed by atoms with E-state index >= 15 is 0 Å². The Bertz CT molecular complexity index is 451. The Morgan fingerprint density at radius 3 is 2.56 bits per heavy atom. The third-order valence-corrected chi connectivity index (χ3v) is 3.87. The van der Waals surface area contributed by atoms with E-state index in [0.717, 1.165) is 43.5 Å². The molecule has 98 valence electrons. The molecule has 0 atom stereocenters.